The number of carbonyl (C=O) groups excluding carboxylic acids is 1. The molecule has 0 atom stereocenters. The average Bonchev–Trinajstić information content (AvgIpc) is 2.66. The van der Waals surface area contributed by atoms with E-state index >= 15 is 0 Å². The first-order chi connectivity index (χ1) is 13.0. The summed E-state index contributed by atoms with van der Waals surface area (Å²) in [6, 6.07) is 16.7. The van der Waals surface area contributed by atoms with Crippen molar-refractivity contribution in [3.8, 4) is 5.75 Å². The van der Waals surface area contributed by atoms with E-state index in [1.165, 1.54) is 0 Å². The topological polar surface area (TPSA) is 63.2 Å². The van der Waals surface area contributed by atoms with Crippen LogP contribution in [-0.4, -0.2) is 18.0 Å². The standard InChI is InChI=1S/C21H20ClN3O2/c1-14-11-16(22)5-9-19(14)25-20-10-6-17(13-23-20)24-21(26)12-15-3-7-18(27-2)8-4-15/h3-11,13H,12H2,1-2H3,(H,23,25)(H,24,26). The van der Waals surface area contributed by atoms with Gasteiger partial charge in [-0.15, -0.1) is 0 Å². The number of methoxy groups -OCH3 is 1. The van der Waals surface area contributed by atoms with Gasteiger partial charge in [-0.2, -0.15) is 0 Å². The lowest BCUT2D eigenvalue weighted by Gasteiger charge is -2.10. The number of aromatic nitrogens is 1. The van der Waals surface area contributed by atoms with E-state index in [9.17, 15) is 4.79 Å². The molecule has 6 heteroatoms. The Morgan fingerprint density at radius 2 is 1.89 bits per heavy atom. The number of halogens is 1. The molecule has 1 amide bonds. The van der Waals surface area contributed by atoms with Gasteiger partial charge in [-0.05, 0) is 60.5 Å². The van der Waals surface area contributed by atoms with Crippen LogP contribution in [0, 0.1) is 6.92 Å². The van der Waals surface area contributed by atoms with E-state index in [0.29, 0.717) is 16.5 Å². The molecule has 1 aromatic heterocycles. The highest BCUT2D eigenvalue weighted by Crippen LogP contribution is 2.23. The summed E-state index contributed by atoms with van der Waals surface area (Å²) in [4.78, 5) is 16.5. The molecular weight excluding hydrogens is 362 g/mol. The fourth-order valence-corrected chi connectivity index (χ4v) is 2.81. The smallest absolute Gasteiger partial charge is 0.228 e. The van der Waals surface area contributed by atoms with Crippen molar-refractivity contribution in [2.45, 2.75) is 13.3 Å². The number of rotatable bonds is 6. The number of carbonyl (C=O) groups is 1. The first-order valence-corrected chi connectivity index (χ1v) is 8.83. The largest absolute Gasteiger partial charge is 0.497 e. The number of anilines is 3. The molecule has 0 radical (unpaired) electrons. The zero-order chi connectivity index (χ0) is 19.2. The molecule has 3 aromatic rings. The number of hydrogen-bond acceptors (Lipinski definition) is 4. The maximum Gasteiger partial charge on any atom is 0.228 e. The van der Waals surface area contributed by atoms with Crippen LogP contribution in [0.15, 0.2) is 60.8 Å². The molecule has 0 aliphatic heterocycles. The fourth-order valence-electron chi connectivity index (χ4n) is 2.58. The average molecular weight is 382 g/mol. The van der Waals surface area contributed by atoms with Crippen LogP contribution in [0.3, 0.4) is 0 Å². The van der Waals surface area contributed by atoms with Crippen molar-refractivity contribution >= 4 is 34.7 Å². The third-order valence-electron chi connectivity index (χ3n) is 4.02. The van der Waals surface area contributed by atoms with Gasteiger partial charge in [0.1, 0.15) is 11.6 Å². The van der Waals surface area contributed by atoms with Gasteiger partial charge >= 0.3 is 0 Å². The Morgan fingerprint density at radius 3 is 2.52 bits per heavy atom. The molecule has 2 aromatic carbocycles. The Bertz CT molecular complexity index is 925. The second kappa shape index (κ2) is 8.56. The normalized spacial score (nSPS) is 10.3. The third kappa shape index (κ3) is 5.21. The Hall–Kier alpha value is -3.05. The predicted octanol–water partition coefficient (Wildman–Crippen LogP) is 4.98. The number of ether oxygens (including phenoxy) is 1. The summed E-state index contributed by atoms with van der Waals surface area (Å²) in [6.45, 7) is 1.97. The predicted molar refractivity (Wildman–Crippen MR) is 109 cm³/mol. The van der Waals surface area contributed by atoms with Crippen molar-refractivity contribution in [1.29, 1.82) is 0 Å². The van der Waals surface area contributed by atoms with Crippen LogP contribution in [-0.2, 0) is 11.2 Å². The highest BCUT2D eigenvalue weighted by atomic mass is 35.5. The molecule has 0 fully saturated rings. The van der Waals surface area contributed by atoms with E-state index < -0.39 is 0 Å². The van der Waals surface area contributed by atoms with Crippen LogP contribution in [0.1, 0.15) is 11.1 Å². The van der Waals surface area contributed by atoms with Gasteiger partial charge < -0.3 is 15.4 Å². The fraction of sp³-hybridized carbons (Fsp3) is 0.143. The molecule has 0 aliphatic carbocycles. The molecule has 5 nitrogen and oxygen atoms in total. The molecule has 27 heavy (non-hydrogen) atoms. The monoisotopic (exact) mass is 381 g/mol. The van der Waals surface area contributed by atoms with E-state index in [0.717, 1.165) is 22.6 Å². The van der Waals surface area contributed by atoms with Gasteiger partial charge in [0.05, 0.1) is 25.4 Å². The molecule has 0 unspecified atom stereocenters. The summed E-state index contributed by atoms with van der Waals surface area (Å²) in [6.07, 6.45) is 1.91. The Labute approximate surface area is 163 Å². The summed E-state index contributed by atoms with van der Waals surface area (Å²) < 4.78 is 5.12. The third-order valence-corrected chi connectivity index (χ3v) is 4.26. The summed E-state index contributed by atoms with van der Waals surface area (Å²) in [5, 5.41) is 6.78. The molecule has 2 N–H and O–H groups in total. The van der Waals surface area contributed by atoms with Crippen molar-refractivity contribution in [2.75, 3.05) is 17.7 Å². The number of benzene rings is 2. The van der Waals surface area contributed by atoms with Crippen molar-refractivity contribution in [3.05, 3.63) is 76.9 Å². The first kappa shape index (κ1) is 18.7. The van der Waals surface area contributed by atoms with Crippen LogP contribution in [0.4, 0.5) is 17.2 Å². The van der Waals surface area contributed by atoms with Crippen LogP contribution in [0.25, 0.3) is 0 Å². The van der Waals surface area contributed by atoms with Gasteiger partial charge in [0.25, 0.3) is 0 Å². The van der Waals surface area contributed by atoms with Gasteiger partial charge in [0.15, 0.2) is 0 Å². The van der Waals surface area contributed by atoms with E-state index in [1.807, 2.05) is 61.5 Å². The van der Waals surface area contributed by atoms with Crippen molar-refractivity contribution in [3.63, 3.8) is 0 Å². The van der Waals surface area contributed by atoms with Gasteiger partial charge in [0.2, 0.25) is 5.91 Å². The maximum atomic E-state index is 12.2. The van der Waals surface area contributed by atoms with E-state index in [1.54, 1.807) is 13.3 Å². The van der Waals surface area contributed by atoms with Gasteiger partial charge in [-0.1, -0.05) is 23.7 Å². The second-order valence-electron chi connectivity index (χ2n) is 6.09. The van der Waals surface area contributed by atoms with E-state index in [2.05, 4.69) is 15.6 Å². The Kier molecular flexibility index (Phi) is 5.94. The molecule has 0 bridgehead atoms. The molecule has 0 aliphatic rings. The van der Waals surface area contributed by atoms with E-state index in [4.69, 9.17) is 16.3 Å². The van der Waals surface area contributed by atoms with Crippen LogP contribution in [0.5, 0.6) is 5.75 Å². The minimum atomic E-state index is -0.101. The summed E-state index contributed by atoms with van der Waals surface area (Å²) in [7, 11) is 1.61. The molecule has 3 rings (SSSR count). The molecule has 1 heterocycles. The lowest BCUT2D eigenvalue weighted by atomic mass is 10.1. The van der Waals surface area contributed by atoms with Crippen LogP contribution < -0.4 is 15.4 Å². The lowest BCUT2D eigenvalue weighted by Crippen LogP contribution is -2.14. The van der Waals surface area contributed by atoms with Crippen LogP contribution >= 0.6 is 11.6 Å². The molecule has 0 saturated heterocycles. The summed E-state index contributed by atoms with van der Waals surface area (Å²) >= 11 is 5.97. The maximum absolute atomic E-state index is 12.2. The molecule has 0 saturated carbocycles. The van der Waals surface area contributed by atoms with Gasteiger partial charge in [-0.3, -0.25) is 4.79 Å². The molecule has 138 valence electrons. The SMILES string of the molecule is COc1ccc(CC(=O)Nc2ccc(Nc3ccc(Cl)cc3C)nc2)cc1. The minimum Gasteiger partial charge on any atom is -0.497 e. The number of nitrogens with one attached hydrogen (secondary N) is 2. The van der Waals surface area contributed by atoms with Crippen LogP contribution in [0.2, 0.25) is 5.02 Å². The highest BCUT2D eigenvalue weighted by molar-refractivity contribution is 6.30. The lowest BCUT2D eigenvalue weighted by molar-refractivity contribution is -0.115. The zero-order valence-corrected chi connectivity index (χ0v) is 15.9. The number of aryl methyl sites for hydroxylation is 1. The Morgan fingerprint density at radius 1 is 1.11 bits per heavy atom. The molecular formula is C21H20ClN3O2. The summed E-state index contributed by atoms with van der Waals surface area (Å²) in [5.74, 6) is 1.35. The van der Waals surface area contributed by atoms with Crippen molar-refractivity contribution < 1.29 is 9.53 Å². The second-order valence-corrected chi connectivity index (χ2v) is 6.53. The Balaban J connectivity index is 1.58. The molecule has 0 spiro atoms. The zero-order valence-electron chi connectivity index (χ0n) is 15.1. The van der Waals surface area contributed by atoms with Crippen molar-refractivity contribution in [2.24, 2.45) is 0 Å². The van der Waals surface area contributed by atoms with E-state index in [-0.39, 0.29) is 12.3 Å². The number of hydrogen-bond donors (Lipinski definition) is 2. The number of pyridine rings is 1. The number of nitrogens with zero attached hydrogens (tertiary/aromatic N) is 1. The highest BCUT2D eigenvalue weighted by Gasteiger charge is 2.06. The number of amides is 1. The minimum absolute atomic E-state index is 0.101. The quantitative estimate of drug-likeness (QED) is 0.632. The van der Waals surface area contributed by atoms with Crippen molar-refractivity contribution in [1.82, 2.24) is 4.98 Å². The summed E-state index contributed by atoms with van der Waals surface area (Å²) in [5.41, 5.74) is 3.52. The van der Waals surface area contributed by atoms with Gasteiger partial charge in [-0.25, -0.2) is 4.98 Å². The van der Waals surface area contributed by atoms with Gasteiger partial charge in [0, 0.05) is 10.7 Å². The first-order valence-electron chi connectivity index (χ1n) is 8.45.